The summed E-state index contributed by atoms with van der Waals surface area (Å²) in [5.41, 5.74) is 1.95. The van der Waals surface area contributed by atoms with Crippen LogP contribution in [0.5, 0.6) is 0 Å². The Morgan fingerprint density at radius 3 is 2.41 bits per heavy atom. The van der Waals surface area contributed by atoms with Gasteiger partial charge in [-0.1, -0.05) is 41.5 Å². The number of carbonyl (C=O) groups excluding carboxylic acids is 1. The predicted octanol–water partition coefficient (Wildman–Crippen LogP) is 5.59. The van der Waals surface area contributed by atoms with Gasteiger partial charge in [0.15, 0.2) is 0 Å². The first-order valence-electron chi connectivity index (χ1n) is 15.1. The SMILES string of the molecule is CNS(=O)(=O)O[C@@H]1C[C@H](Nc2ncncc2C(=O)c2cc(CN3CCC(F)(F)C3)cs2)C[C@@H]1O[Si](C(C)C)(C(C)C)C(C)C. The lowest BCUT2D eigenvalue weighted by Gasteiger charge is -2.44. The van der Waals surface area contributed by atoms with Crippen LogP contribution in [0.2, 0.25) is 16.6 Å². The third-order valence-electron chi connectivity index (χ3n) is 8.84. The molecule has 2 aromatic rings. The van der Waals surface area contributed by atoms with Crippen molar-refractivity contribution in [3.8, 4) is 0 Å². The van der Waals surface area contributed by atoms with Crippen molar-refractivity contribution in [2.45, 2.75) is 108 Å². The molecule has 15 heteroatoms. The van der Waals surface area contributed by atoms with E-state index in [0.717, 1.165) is 5.56 Å². The number of nitrogens with one attached hydrogen (secondary N) is 2. The third kappa shape index (κ3) is 7.91. The Kier molecular flexibility index (Phi) is 11.0. The average Bonchev–Trinajstić information content (AvgIpc) is 3.65. The summed E-state index contributed by atoms with van der Waals surface area (Å²) in [5, 5.41) is 5.17. The van der Waals surface area contributed by atoms with Crippen molar-refractivity contribution in [2.24, 2.45) is 0 Å². The van der Waals surface area contributed by atoms with E-state index in [2.05, 4.69) is 61.5 Å². The maximum atomic E-state index is 13.6. The van der Waals surface area contributed by atoms with E-state index in [1.54, 1.807) is 11.0 Å². The van der Waals surface area contributed by atoms with Gasteiger partial charge in [-0.15, -0.1) is 11.3 Å². The number of thiophene rings is 1. The Labute approximate surface area is 264 Å². The second-order valence-corrected chi connectivity index (χ2v) is 20.7. The topological polar surface area (TPSA) is 123 Å². The van der Waals surface area contributed by atoms with E-state index in [-0.39, 0.29) is 30.4 Å². The van der Waals surface area contributed by atoms with Gasteiger partial charge >= 0.3 is 10.3 Å². The highest BCUT2D eigenvalue weighted by Crippen LogP contribution is 2.45. The zero-order chi connectivity index (χ0) is 32.4. The first-order valence-corrected chi connectivity index (χ1v) is 19.6. The molecule has 2 fully saturated rings. The number of carbonyl (C=O) groups is 1. The van der Waals surface area contributed by atoms with Crippen molar-refractivity contribution >= 4 is 41.6 Å². The predicted molar refractivity (Wildman–Crippen MR) is 170 cm³/mol. The van der Waals surface area contributed by atoms with Crippen LogP contribution in [0.1, 0.15) is 81.6 Å². The summed E-state index contributed by atoms with van der Waals surface area (Å²) in [6.45, 7) is 13.4. The van der Waals surface area contributed by atoms with Crippen LogP contribution in [0.25, 0.3) is 0 Å². The average molecular weight is 674 g/mol. The van der Waals surface area contributed by atoms with Crippen LogP contribution in [-0.2, 0) is 25.5 Å². The van der Waals surface area contributed by atoms with Gasteiger partial charge < -0.3 is 9.74 Å². The summed E-state index contributed by atoms with van der Waals surface area (Å²) in [6.07, 6.45) is 2.23. The fourth-order valence-electron chi connectivity index (χ4n) is 6.90. The maximum absolute atomic E-state index is 13.6. The summed E-state index contributed by atoms with van der Waals surface area (Å²) in [5.74, 6) is -2.62. The van der Waals surface area contributed by atoms with Crippen LogP contribution in [0.3, 0.4) is 0 Å². The molecule has 0 spiro atoms. The number of likely N-dealkylation sites (tertiary alicyclic amines) is 1. The number of halogens is 2. The van der Waals surface area contributed by atoms with E-state index in [0.29, 0.717) is 53.2 Å². The fraction of sp³-hybridized carbons (Fsp3) is 0.690. The van der Waals surface area contributed by atoms with Crippen molar-refractivity contribution < 1.29 is 30.6 Å². The van der Waals surface area contributed by atoms with Crippen LogP contribution in [0, 0.1) is 0 Å². The number of hydrogen-bond donors (Lipinski definition) is 2. The Morgan fingerprint density at radius 2 is 1.82 bits per heavy atom. The van der Waals surface area contributed by atoms with E-state index in [1.165, 1.54) is 30.9 Å². The van der Waals surface area contributed by atoms with Crippen LogP contribution in [0.15, 0.2) is 24.0 Å². The third-order valence-corrected chi connectivity index (χ3v) is 16.9. The molecule has 0 bridgehead atoms. The lowest BCUT2D eigenvalue weighted by atomic mass is 10.1. The molecule has 0 aromatic carbocycles. The molecular formula is C29H45F2N5O5S2Si. The van der Waals surface area contributed by atoms with E-state index in [9.17, 15) is 22.0 Å². The molecule has 3 atom stereocenters. The van der Waals surface area contributed by atoms with Crippen molar-refractivity contribution in [2.75, 3.05) is 25.5 Å². The highest BCUT2D eigenvalue weighted by Gasteiger charge is 2.50. The summed E-state index contributed by atoms with van der Waals surface area (Å²) in [7, 11) is -5.06. The molecule has 1 aliphatic heterocycles. The summed E-state index contributed by atoms with van der Waals surface area (Å²) >= 11 is 1.26. The smallest absolute Gasteiger partial charge is 0.335 e. The molecule has 1 aliphatic carbocycles. The van der Waals surface area contributed by atoms with Gasteiger partial charge in [0, 0.05) is 38.8 Å². The van der Waals surface area contributed by atoms with Gasteiger partial charge in [-0.2, -0.15) is 13.1 Å². The second-order valence-electron chi connectivity index (χ2n) is 12.8. The standard InChI is InChI=1S/C29H45F2N5O5S2Si/c1-18(2)44(19(3)4,20(5)6)41-25-12-22(11-24(25)40-43(38,39)32-7)35-28-23(13-33-17-34-28)27(37)26-10-21(15-42-26)14-36-9-8-29(30,31)16-36/h10,13,15,17-20,22,24-25,32H,8-9,11-12,14,16H2,1-7H3,(H,33,34,35)/t22-,24+,25-/m0/s1. The Hall–Kier alpha value is -1.88. The molecule has 1 saturated heterocycles. The monoisotopic (exact) mass is 673 g/mol. The Bertz CT molecular complexity index is 1390. The van der Waals surface area contributed by atoms with E-state index < -0.39 is 36.8 Å². The van der Waals surface area contributed by atoms with Gasteiger partial charge in [0.1, 0.15) is 18.2 Å². The Morgan fingerprint density at radius 1 is 1.16 bits per heavy atom. The van der Waals surface area contributed by atoms with Crippen LogP contribution in [-0.4, -0.2) is 81.7 Å². The molecule has 246 valence electrons. The lowest BCUT2D eigenvalue weighted by molar-refractivity contribution is 0.0115. The molecule has 2 aromatic heterocycles. The van der Waals surface area contributed by atoms with Crippen molar-refractivity contribution in [1.29, 1.82) is 0 Å². The van der Waals surface area contributed by atoms with Crippen LogP contribution >= 0.6 is 11.3 Å². The minimum atomic E-state index is -3.98. The van der Waals surface area contributed by atoms with Gasteiger partial charge in [-0.3, -0.25) is 13.9 Å². The van der Waals surface area contributed by atoms with Crippen molar-refractivity contribution in [1.82, 2.24) is 19.6 Å². The molecule has 0 radical (unpaired) electrons. The number of hydrogen-bond acceptors (Lipinski definition) is 10. The summed E-state index contributed by atoms with van der Waals surface area (Å²) in [4.78, 5) is 24.2. The molecule has 10 nitrogen and oxygen atoms in total. The van der Waals surface area contributed by atoms with E-state index in [4.69, 9.17) is 8.61 Å². The number of rotatable bonds is 14. The normalized spacial score (nSPS) is 22.9. The molecule has 44 heavy (non-hydrogen) atoms. The zero-order valence-corrected chi connectivity index (χ0v) is 29.1. The largest absolute Gasteiger partial charge is 0.410 e. The molecule has 4 rings (SSSR count). The first kappa shape index (κ1) is 35.0. The van der Waals surface area contributed by atoms with Crippen LogP contribution in [0.4, 0.5) is 14.6 Å². The van der Waals surface area contributed by atoms with Gasteiger partial charge in [-0.05, 0) is 46.5 Å². The minimum Gasteiger partial charge on any atom is -0.410 e. The summed E-state index contributed by atoms with van der Waals surface area (Å²) < 4.78 is 67.1. The number of ketones is 1. The molecular weight excluding hydrogens is 629 g/mol. The molecule has 3 heterocycles. The fourth-order valence-corrected chi connectivity index (χ4v) is 14.0. The number of nitrogens with zero attached hydrogens (tertiary/aromatic N) is 3. The van der Waals surface area contributed by atoms with Crippen molar-refractivity contribution in [3.05, 3.63) is 40.0 Å². The first-order chi connectivity index (χ1) is 20.6. The Balaban J connectivity index is 1.53. The number of aromatic nitrogens is 2. The van der Waals surface area contributed by atoms with Crippen molar-refractivity contribution in [3.63, 3.8) is 0 Å². The van der Waals surface area contributed by atoms with E-state index in [1.807, 2.05) is 5.38 Å². The molecule has 2 N–H and O–H groups in total. The molecule has 0 amide bonds. The maximum Gasteiger partial charge on any atom is 0.335 e. The molecule has 0 unspecified atom stereocenters. The van der Waals surface area contributed by atoms with Crippen LogP contribution < -0.4 is 10.0 Å². The van der Waals surface area contributed by atoms with Gasteiger partial charge in [0.2, 0.25) is 14.1 Å². The zero-order valence-electron chi connectivity index (χ0n) is 26.5. The summed E-state index contributed by atoms with van der Waals surface area (Å²) in [6, 6.07) is 1.45. The highest BCUT2D eigenvalue weighted by molar-refractivity contribution is 7.84. The molecule has 1 saturated carbocycles. The second kappa shape index (κ2) is 13.9. The van der Waals surface area contributed by atoms with Gasteiger partial charge in [0.05, 0.1) is 23.1 Å². The molecule has 2 aliphatic rings. The minimum absolute atomic E-state index is 0.158. The van der Waals surface area contributed by atoms with E-state index >= 15 is 0 Å². The lowest BCUT2D eigenvalue weighted by Crippen LogP contribution is -2.52. The highest BCUT2D eigenvalue weighted by atomic mass is 32.2. The van der Waals surface area contributed by atoms with Gasteiger partial charge in [-0.25, -0.2) is 18.7 Å². The number of anilines is 1. The quantitative estimate of drug-likeness (QED) is 0.195. The van der Waals surface area contributed by atoms with Gasteiger partial charge in [0.25, 0.3) is 5.92 Å². The number of alkyl halides is 2.